The second kappa shape index (κ2) is 5.27. The number of carbonyl (C=O) groups excluding carboxylic acids is 1. The first-order chi connectivity index (χ1) is 8.15. The van der Waals surface area contributed by atoms with E-state index in [-0.39, 0.29) is 18.1 Å². The first-order valence-electron chi connectivity index (χ1n) is 5.85. The van der Waals surface area contributed by atoms with Crippen molar-refractivity contribution in [2.75, 3.05) is 13.1 Å². The van der Waals surface area contributed by atoms with Gasteiger partial charge in [0.1, 0.15) is 5.82 Å². The van der Waals surface area contributed by atoms with E-state index in [1.807, 2.05) is 0 Å². The quantitative estimate of drug-likeness (QED) is 0.843. The molecule has 92 valence electrons. The molecule has 1 saturated heterocycles. The number of benzene rings is 1. The van der Waals surface area contributed by atoms with Crippen LogP contribution in [-0.4, -0.2) is 35.1 Å². The van der Waals surface area contributed by atoms with Crippen LogP contribution < -0.4 is 0 Å². The van der Waals surface area contributed by atoms with Gasteiger partial charge in [-0.2, -0.15) is 0 Å². The van der Waals surface area contributed by atoms with Crippen LogP contribution >= 0.6 is 0 Å². The molecule has 0 bridgehead atoms. The summed E-state index contributed by atoms with van der Waals surface area (Å²) in [5, 5.41) is 9.49. The van der Waals surface area contributed by atoms with Gasteiger partial charge >= 0.3 is 0 Å². The first-order valence-corrected chi connectivity index (χ1v) is 5.85. The van der Waals surface area contributed by atoms with Crippen molar-refractivity contribution in [1.82, 2.24) is 4.90 Å². The Balaban J connectivity index is 1.94. The molecule has 1 aliphatic heterocycles. The summed E-state index contributed by atoms with van der Waals surface area (Å²) in [7, 11) is 0. The highest BCUT2D eigenvalue weighted by molar-refractivity contribution is 5.78. The molecule has 2 rings (SSSR count). The molecule has 1 aliphatic rings. The van der Waals surface area contributed by atoms with E-state index in [2.05, 4.69) is 0 Å². The number of halogens is 1. The molecule has 0 aliphatic carbocycles. The third-order valence-corrected chi connectivity index (χ3v) is 3.02. The highest BCUT2D eigenvalue weighted by Gasteiger charge is 2.21. The van der Waals surface area contributed by atoms with E-state index in [0.29, 0.717) is 13.1 Å². The predicted octanol–water partition coefficient (Wildman–Crippen LogP) is 1.35. The maximum absolute atomic E-state index is 12.7. The van der Waals surface area contributed by atoms with E-state index in [9.17, 15) is 14.3 Å². The smallest absolute Gasteiger partial charge is 0.227 e. The molecule has 1 fully saturated rings. The fourth-order valence-corrected chi connectivity index (χ4v) is 2.07. The molecule has 0 spiro atoms. The molecule has 1 aromatic rings. The average Bonchev–Trinajstić information content (AvgIpc) is 2.32. The molecule has 1 heterocycles. The maximum atomic E-state index is 12.7. The van der Waals surface area contributed by atoms with Crippen LogP contribution in [0.4, 0.5) is 4.39 Å². The molecular formula is C13H16FNO2. The third kappa shape index (κ3) is 3.27. The van der Waals surface area contributed by atoms with Crippen molar-refractivity contribution in [1.29, 1.82) is 0 Å². The van der Waals surface area contributed by atoms with Gasteiger partial charge in [0, 0.05) is 13.1 Å². The number of nitrogens with zero attached hydrogens (tertiary/aromatic N) is 1. The Hall–Kier alpha value is -1.42. The molecule has 17 heavy (non-hydrogen) atoms. The summed E-state index contributed by atoms with van der Waals surface area (Å²) in [5.74, 6) is -0.301. The van der Waals surface area contributed by atoms with Crippen molar-refractivity contribution in [3.05, 3.63) is 35.6 Å². The van der Waals surface area contributed by atoms with Crippen LogP contribution in [0.1, 0.15) is 18.4 Å². The second-order valence-corrected chi connectivity index (χ2v) is 4.44. The second-order valence-electron chi connectivity index (χ2n) is 4.44. The predicted molar refractivity (Wildman–Crippen MR) is 61.9 cm³/mol. The Bertz CT molecular complexity index is 391. The topological polar surface area (TPSA) is 40.5 Å². The molecule has 1 amide bonds. The molecule has 3 nitrogen and oxygen atoms in total. The number of hydrogen-bond donors (Lipinski definition) is 1. The van der Waals surface area contributed by atoms with Crippen LogP contribution in [0.15, 0.2) is 24.3 Å². The number of rotatable bonds is 2. The fourth-order valence-electron chi connectivity index (χ4n) is 2.07. The molecule has 0 unspecified atom stereocenters. The van der Waals surface area contributed by atoms with Gasteiger partial charge in [-0.1, -0.05) is 12.1 Å². The number of aliphatic hydroxyl groups is 1. The van der Waals surface area contributed by atoms with E-state index in [0.717, 1.165) is 18.4 Å². The van der Waals surface area contributed by atoms with Crippen molar-refractivity contribution in [2.45, 2.75) is 25.4 Å². The average molecular weight is 237 g/mol. The van der Waals surface area contributed by atoms with E-state index >= 15 is 0 Å². The van der Waals surface area contributed by atoms with Gasteiger partial charge in [0.05, 0.1) is 12.5 Å². The van der Waals surface area contributed by atoms with Crippen LogP contribution in [-0.2, 0) is 11.2 Å². The number of carbonyl (C=O) groups is 1. The lowest BCUT2D eigenvalue weighted by Gasteiger charge is -2.30. The summed E-state index contributed by atoms with van der Waals surface area (Å²) in [6.07, 6.45) is 1.48. The zero-order chi connectivity index (χ0) is 12.3. The Labute approximate surface area is 99.9 Å². The normalized spacial score (nSPS) is 20.4. The van der Waals surface area contributed by atoms with Crippen LogP contribution in [0.25, 0.3) is 0 Å². The number of amides is 1. The minimum atomic E-state index is -0.402. The van der Waals surface area contributed by atoms with E-state index in [4.69, 9.17) is 0 Å². The fraction of sp³-hybridized carbons (Fsp3) is 0.462. The number of piperidine rings is 1. The molecule has 0 saturated carbocycles. The van der Waals surface area contributed by atoms with E-state index in [1.165, 1.54) is 12.1 Å². The van der Waals surface area contributed by atoms with Crippen molar-refractivity contribution >= 4 is 5.91 Å². The van der Waals surface area contributed by atoms with E-state index in [1.54, 1.807) is 17.0 Å². The number of likely N-dealkylation sites (tertiary alicyclic amines) is 1. The summed E-state index contributed by atoms with van der Waals surface area (Å²) in [6, 6.07) is 5.95. The maximum Gasteiger partial charge on any atom is 0.227 e. The summed E-state index contributed by atoms with van der Waals surface area (Å²) in [4.78, 5) is 13.6. The van der Waals surface area contributed by atoms with Crippen LogP contribution in [0, 0.1) is 5.82 Å². The Morgan fingerprint density at radius 2 is 2.12 bits per heavy atom. The molecule has 4 heteroatoms. The Morgan fingerprint density at radius 3 is 2.76 bits per heavy atom. The number of aliphatic hydroxyl groups excluding tert-OH is 1. The minimum Gasteiger partial charge on any atom is -0.391 e. The largest absolute Gasteiger partial charge is 0.391 e. The van der Waals surface area contributed by atoms with Crippen molar-refractivity contribution in [3.8, 4) is 0 Å². The Kier molecular flexibility index (Phi) is 3.74. The van der Waals surface area contributed by atoms with Gasteiger partial charge < -0.3 is 10.0 Å². The Morgan fingerprint density at radius 1 is 1.41 bits per heavy atom. The molecule has 1 N–H and O–H groups in total. The lowest BCUT2D eigenvalue weighted by molar-refractivity contribution is -0.133. The molecule has 0 aromatic heterocycles. The van der Waals surface area contributed by atoms with Gasteiger partial charge in [-0.3, -0.25) is 4.79 Å². The van der Waals surface area contributed by atoms with Crippen molar-refractivity contribution in [2.24, 2.45) is 0 Å². The number of β-amino-alcohol motifs (C(OH)–C–C–N with tert-alkyl or cyclic N) is 1. The van der Waals surface area contributed by atoms with Gasteiger partial charge in [0.15, 0.2) is 0 Å². The highest BCUT2D eigenvalue weighted by Crippen LogP contribution is 2.12. The lowest BCUT2D eigenvalue weighted by atomic mass is 10.1. The number of hydrogen-bond acceptors (Lipinski definition) is 2. The zero-order valence-electron chi connectivity index (χ0n) is 9.60. The van der Waals surface area contributed by atoms with Crippen LogP contribution in [0.5, 0.6) is 0 Å². The van der Waals surface area contributed by atoms with Gasteiger partial charge in [-0.05, 0) is 30.5 Å². The minimum absolute atomic E-state index is 0.00430. The van der Waals surface area contributed by atoms with Gasteiger partial charge in [-0.25, -0.2) is 4.39 Å². The molecule has 0 radical (unpaired) electrons. The summed E-state index contributed by atoms with van der Waals surface area (Å²) in [6.45, 7) is 1.12. The van der Waals surface area contributed by atoms with Crippen molar-refractivity contribution < 1.29 is 14.3 Å². The SMILES string of the molecule is O=C(Cc1ccc(F)cc1)N1CCC[C@@H](O)C1. The summed E-state index contributed by atoms with van der Waals surface area (Å²) >= 11 is 0. The summed E-state index contributed by atoms with van der Waals surface area (Å²) < 4.78 is 12.7. The monoisotopic (exact) mass is 237 g/mol. The van der Waals surface area contributed by atoms with Gasteiger partial charge in [0.2, 0.25) is 5.91 Å². The molecule has 1 atom stereocenters. The van der Waals surface area contributed by atoms with Crippen LogP contribution in [0.2, 0.25) is 0 Å². The van der Waals surface area contributed by atoms with E-state index < -0.39 is 6.10 Å². The molecule has 1 aromatic carbocycles. The van der Waals surface area contributed by atoms with Crippen LogP contribution in [0.3, 0.4) is 0 Å². The third-order valence-electron chi connectivity index (χ3n) is 3.02. The first kappa shape index (κ1) is 12.0. The summed E-state index contributed by atoms with van der Waals surface area (Å²) in [5.41, 5.74) is 0.802. The van der Waals surface area contributed by atoms with Gasteiger partial charge in [-0.15, -0.1) is 0 Å². The zero-order valence-corrected chi connectivity index (χ0v) is 9.60. The van der Waals surface area contributed by atoms with Gasteiger partial charge in [0.25, 0.3) is 0 Å². The standard InChI is InChI=1S/C13H16FNO2/c14-11-5-3-10(4-6-11)8-13(17)15-7-1-2-12(16)9-15/h3-6,12,16H,1-2,7-9H2/t12-/m1/s1. The highest BCUT2D eigenvalue weighted by atomic mass is 19.1. The lowest BCUT2D eigenvalue weighted by Crippen LogP contribution is -2.42. The molecular weight excluding hydrogens is 221 g/mol. The van der Waals surface area contributed by atoms with Crippen molar-refractivity contribution in [3.63, 3.8) is 0 Å².